The first kappa shape index (κ1) is 31.7. The Labute approximate surface area is 269 Å². The van der Waals surface area contributed by atoms with Crippen LogP contribution in [0.2, 0.25) is 0 Å². The van der Waals surface area contributed by atoms with Crippen LogP contribution in [-0.4, -0.2) is 96.3 Å². The van der Waals surface area contributed by atoms with Crippen molar-refractivity contribution in [2.45, 2.75) is 56.6 Å². The molecule has 1 N–H and O–H groups in total. The van der Waals surface area contributed by atoms with Crippen molar-refractivity contribution < 1.29 is 23.1 Å². The minimum absolute atomic E-state index is 0.0242. The first-order valence-electron chi connectivity index (χ1n) is 15.3. The molecule has 1 aliphatic carbocycles. The van der Waals surface area contributed by atoms with Gasteiger partial charge < -0.3 is 15.0 Å². The third-order valence-electron chi connectivity index (χ3n) is 8.73. The van der Waals surface area contributed by atoms with Gasteiger partial charge in [0.05, 0.1) is 23.9 Å². The highest BCUT2D eigenvalue weighted by Crippen LogP contribution is 2.36. The molecule has 242 valence electrons. The number of hydrogen-bond donors (Lipinski definition) is 1. The van der Waals surface area contributed by atoms with Crippen LogP contribution in [-0.2, 0) is 16.1 Å². The van der Waals surface area contributed by atoms with Crippen molar-refractivity contribution in [1.82, 2.24) is 34.2 Å². The van der Waals surface area contributed by atoms with Crippen molar-refractivity contribution in [3.8, 4) is 6.07 Å². The van der Waals surface area contributed by atoms with E-state index in [0.717, 1.165) is 38.8 Å². The summed E-state index contributed by atoms with van der Waals surface area (Å²) in [6.07, 6.45) is 15.6. The van der Waals surface area contributed by atoms with E-state index in [1.165, 1.54) is 21.6 Å². The molecule has 46 heavy (non-hydrogen) atoms. The number of thioether (sulfide) groups is 1. The fourth-order valence-corrected chi connectivity index (χ4v) is 6.93. The van der Waals surface area contributed by atoms with Crippen molar-refractivity contribution in [3.05, 3.63) is 60.0 Å². The Kier molecular flexibility index (Phi) is 9.64. The molecular formula is C31H35F2N9O3S. The first-order chi connectivity index (χ1) is 22.3. The van der Waals surface area contributed by atoms with Gasteiger partial charge in [0, 0.05) is 55.1 Å². The highest BCUT2D eigenvalue weighted by molar-refractivity contribution is 7.99. The molecule has 15 heteroatoms. The number of anilines is 1. The van der Waals surface area contributed by atoms with Gasteiger partial charge in [0.25, 0.3) is 5.91 Å². The molecule has 3 aromatic heterocycles. The molecule has 2 atom stereocenters. The Balaban J connectivity index is 1.22. The number of ether oxygens (including phenoxy) is 1. The molecule has 2 fully saturated rings. The van der Waals surface area contributed by atoms with Crippen LogP contribution >= 0.6 is 11.8 Å². The number of alkyl halides is 2. The zero-order valence-electron chi connectivity index (χ0n) is 25.4. The number of likely N-dealkylation sites (tertiary alicyclic amines) is 2. The number of nitriles is 1. The average Bonchev–Trinajstić information content (AvgIpc) is 3.68. The van der Waals surface area contributed by atoms with Gasteiger partial charge in [-0.1, -0.05) is 6.08 Å². The molecule has 0 spiro atoms. The van der Waals surface area contributed by atoms with Crippen LogP contribution in [0.3, 0.4) is 0 Å². The zero-order valence-corrected chi connectivity index (χ0v) is 26.2. The molecule has 0 aromatic carbocycles. The fraction of sp³-hybridized carbons (Fsp3) is 0.484. The standard InChI is InChI=1S/C31H35F2N9O3S/c1-46-22-5-6-26(45-31(32)33)23(14-22)28-25(37-30(44)24-16-36-42-11-3-9-35-29(24)42)18-41(38-28)19-27(43)39-12-7-21(8-13-39)40-10-2-4-20(15-34)17-40/h3,6,9,11,14,16,18,20-22,31H,2,4-5,7-8,10,12-13,17,19H2,1H3,(H,37,44)/t20-,22?/m0/s1. The maximum atomic E-state index is 13.5. The minimum atomic E-state index is -3.05. The summed E-state index contributed by atoms with van der Waals surface area (Å²) in [5, 5.41) is 21.0. The maximum Gasteiger partial charge on any atom is 0.387 e. The molecule has 6 rings (SSSR count). The second-order valence-corrected chi connectivity index (χ2v) is 12.7. The van der Waals surface area contributed by atoms with E-state index in [2.05, 4.69) is 31.5 Å². The number of aromatic nitrogens is 5. The molecule has 0 bridgehead atoms. The zero-order chi connectivity index (χ0) is 32.2. The average molecular weight is 652 g/mol. The van der Waals surface area contributed by atoms with E-state index >= 15 is 0 Å². The molecule has 3 aromatic rings. The summed E-state index contributed by atoms with van der Waals surface area (Å²) in [7, 11) is 0. The lowest BCUT2D eigenvalue weighted by Crippen LogP contribution is -2.50. The van der Waals surface area contributed by atoms with Gasteiger partial charge in [0.15, 0.2) is 5.65 Å². The number of halogens is 2. The molecule has 5 heterocycles. The molecule has 12 nitrogen and oxygen atoms in total. The van der Waals surface area contributed by atoms with Gasteiger partial charge in [-0.25, -0.2) is 9.50 Å². The van der Waals surface area contributed by atoms with Gasteiger partial charge in [-0.05, 0) is 57.0 Å². The number of piperidine rings is 2. The van der Waals surface area contributed by atoms with Gasteiger partial charge in [-0.2, -0.15) is 36.0 Å². The van der Waals surface area contributed by atoms with Gasteiger partial charge in [0.1, 0.15) is 23.6 Å². The lowest BCUT2D eigenvalue weighted by Gasteiger charge is -2.41. The van der Waals surface area contributed by atoms with Crippen molar-refractivity contribution in [3.63, 3.8) is 0 Å². The Morgan fingerprint density at radius 2 is 2.07 bits per heavy atom. The van der Waals surface area contributed by atoms with Gasteiger partial charge in [0.2, 0.25) is 5.91 Å². The number of allylic oxidation sites excluding steroid dienone is 2. The number of carbonyl (C=O) groups is 2. The van der Waals surface area contributed by atoms with Gasteiger partial charge >= 0.3 is 6.61 Å². The van der Waals surface area contributed by atoms with E-state index in [-0.39, 0.29) is 46.3 Å². The van der Waals surface area contributed by atoms with Crippen LogP contribution in [0.25, 0.3) is 11.2 Å². The maximum absolute atomic E-state index is 13.5. The quantitative estimate of drug-likeness (QED) is 0.364. The molecule has 1 unspecified atom stereocenters. The molecule has 2 saturated heterocycles. The summed E-state index contributed by atoms with van der Waals surface area (Å²) < 4.78 is 34.6. The smallest absolute Gasteiger partial charge is 0.387 e. The van der Waals surface area contributed by atoms with E-state index < -0.39 is 12.5 Å². The summed E-state index contributed by atoms with van der Waals surface area (Å²) in [6, 6.07) is 4.43. The molecule has 2 aliphatic heterocycles. The SMILES string of the molecule is CSC1C=C(c2nn(CC(=O)N3CCC(N4CCC[C@@H](C#N)C4)CC3)cc2NC(=O)c2cnn3cccnc23)C(OC(F)F)=CC1. The Hall–Kier alpha value is -4.29. The summed E-state index contributed by atoms with van der Waals surface area (Å²) >= 11 is 1.55. The predicted molar refractivity (Wildman–Crippen MR) is 168 cm³/mol. The Bertz CT molecular complexity index is 1690. The number of nitrogens with zero attached hydrogens (tertiary/aromatic N) is 8. The number of carbonyl (C=O) groups excluding carboxylic acids is 2. The van der Waals surface area contributed by atoms with E-state index in [0.29, 0.717) is 36.8 Å². The summed E-state index contributed by atoms with van der Waals surface area (Å²) in [4.78, 5) is 35.4. The topological polar surface area (TPSA) is 134 Å². The number of hydrogen-bond acceptors (Lipinski definition) is 9. The summed E-state index contributed by atoms with van der Waals surface area (Å²) in [5.41, 5.74) is 1.32. The molecule has 0 saturated carbocycles. The lowest BCUT2D eigenvalue weighted by molar-refractivity contribution is -0.133. The molecular weight excluding hydrogens is 616 g/mol. The highest BCUT2D eigenvalue weighted by atomic mass is 32.2. The van der Waals surface area contributed by atoms with Crippen molar-refractivity contribution in [1.29, 1.82) is 5.26 Å². The number of fused-ring (bicyclic) bond motifs is 1. The van der Waals surface area contributed by atoms with Crippen LogP contribution in [0.5, 0.6) is 0 Å². The van der Waals surface area contributed by atoms with E-state index in [1.807, 2.05) is 6.26 Å². The van der Waals surface area contributed by atoms with Crippen molar-refractivity contribution in [2.24, 2.45) is 5.92 Å². The normalized spacial score (nSPS) is 21.2. The number of nitrogens with one attached hydrogen (secondary N) is 1. The van der Waals surface area contributed by atoms with Gasteiger partial charge in [-0.15, -0.1) is 0 Å². The monoisotopic (exact) mass is 651 g/mol. The Morgan fingerprint density at radius 3 is 2.83 bits per heavy atom. The summed E-state index contributed by atoms with van der Waals surface area (Å²) in [6.45, 7) is -0.209. The van der Waals surface area contributed by atoms with Crippen molar-refractivity contribution in [2.75, 3.05) is 37.8 Å². The van der Waals surface area contributed by atoms with Crippen LogP contribution in [0.1, 0.15) is 48.2 Å². The first-order valence-corrected chi connectivity index (χ1v) is 16.6. The van der Waals surface area contributed by atoms with Crippen LogP contribution in [0, 0.1) is 17.2 Å². The fourth-order valence-electron chi connectivity index (χ4n) is 6.37. The van der Waals surface area contributed by atoms with Crippen LogP contribution < -0.4 is 5.32 Å². The Morgan fingerprint density at radius 1 is 1.24 bits per heavy atom. The number of rotatable bonds is 9. The molecule has 3 aliphatic rings. The second kappa shape index (κ2) is 14.0. The van der Waals surface area contributed by atoms with Gasteiger partial charge in [-0.3, -0.25) is 19.2 Å². The predicted octanol–water partition coefficient (Wildman–Crippen LogP) is 4.05. The van der Waals surface area contributed by atoms with E-state index in [1.54, 1.807) is 47.3 Å². The minimum Gasteiger partial charge on any atom is -0.434 e. The third-order valence-corrected chi connectivity index (χ3v) is 9.66. The highest BCUT2D eigenvalue weighted by Gasteiger charge is 2.31. The lowest BCUT2D eigenvalue weighted by atomic mass is 9.95. The second-order valence-electron chi connectivity index (χ2n) is 11.6. The van der Waals surface area contributed by atoms with Crippen molar-refractivity contribution >= 4 is 40.5 Å². The number of amides is 2. The summed E-state index contributed by atoms with van der Waals surface area (Å²) in [5.74, 6) is -0.626. The van der Waals surface area contributed by atoms with E-state index in [9.17, 15) is 23.6 Å². The van der Waals surface area contributed by atoms with Crippen LogP contribution in [0.15, 0.2) is 48.8 Å². The third kappa shape index (κ3) is 6.92. The molecule has 2 amide bonds. The molecule has 0 radical (unpaired) electrons. The van der Waals surface area contributed by atoms with E-state index in [4.69, 9.17) is 4.74 Å². The largest absolute Gasteiger partial charge is 0.434 e. The van der Waals surface area contributed by atoms with Crippen LogP contribution in [0.4, 0.5) is 14.5 Å².